The van der Waals surface area contributed by atoms with Gasteiger partial charge in [-0.25, -0.2) is 0 Å². The first-order chi connectivity index (χ1) is 10.3. The van der Waals surface area contributed by atoms with Crippen LogP contribution >= 0.6 is 11.6 Å². The lowest BCUT2D eigenvalue weighted by atomic mass is 9.90. The van der Waals surface area contributed by atoms with Gasteiger partial charge in [0.15, 0.2) is 5.78 Å². The standard InChI is InChI=1S/C20H21ClO/c1-12-6-8-17(9-7-12)20-11-18(21)10-19(15(20)4)14(3)13(2)16(5)22/h6-11H,1-5H3/b14-13+. The molecular weight excluding hydrogens is 292 g/mol. The van der Waals surface area contributed by atoms with Gasteiger partial charge in [0.25, 0.3) is 0 Å². The largest absolute Gasteiger partial charge is 0.295 e. The molecule has 2 rings (SSSR count). The van der Waals surface area contributed by atoms with Gasteiger partial charge in [-0.2, -0.15) is 0 Å². The molecule has 2 heteroatoms. The minimum Gasteiger partial charge on any atom is -0.295 e. The highest BCUT2D eigenvalue weighted by molar-refractivity contribution is 6.31. The molecule has 0 spiro atoms. The molecular formula is C20H21ClO. The Morgan fingerprint density at radius 2 is 1.55 bits per heavy atom. The minimum absolute atomic E-state index is 0.0914. The van der Waals surface area contributed by atoms with Gasteiger partial charge in [-0.05, 0) is 80.2 Å². The number of hydrogen-bond acceptors (Lipinski definition) is 1. The number of benzene rings is 2. The van der Waals surface area contributed by atoms with Gasteiger partial charge in [0.05, 0.1) is 0 Å². The zero-order chi connectivity index (χ0) is 16.4. The molecule has 0 aliphatic rings. The van der Waals surface area contributed by atoms with Crippen LogP contribution in [-0.4, -0.2) is 5.78 Å². The third-order valence-corrected chi connectivity index (χ3v) is 4.45. The predicted molar refractivity (Wildman–Crippen MR) is 95.3 cm³/mol. The first-order valence-electron chi connectivity index (χ1n) is 7.37. The SMILES string of the molecule is CC(=O)/C(C)=C(\C)c1cc(Cl)cc(-c2ccc(C)cc2)c1C. The summed E-state index contributed by atoms with van der Waals surface area (Å²) in [6, 6.07) is 12.3. The predicted octanol–water partition coefficient (Wildman–Crippen LogP) is 6.01. The van der Waals surface area contributed by atoms with Crippen LogP contribution in [0.1, 0.15) is 37.5 Å². The van der Waals surface area contributed by atoms with E-state index in [0.29, 0.717) is 5.02 Å². The maximum Gasteiger partial charge on any atom is 0.155 e. The van der Waals surface area contributed by atoms with Gasteiger partial charge in [-0.15, -0.1) is 0 Å². The fourth-order valence-corrected chi connectivity index (χ4v) is 2.79. The van der Waals surface area contributed by atoms with Crippen LogP contribution in [0.25, 0.3) is 16.7 Å². The van der Waals surface area contributed by atoms with E-state index in [1.807, 2.05) is 26.0 Å². The van der Waals surface area contributed by atoms with E-state index >= 15 is 0 Å². The summed E-state index contributed by atoms with van der Waals surface area (Å²) in [6.45, 7) is 9.60. The molecule has 0 aliphatic heterocycles. The zero-order valence-electron chi connectivity index (χ0n) is 13.8. The fourth-order valence-electron chi connectivity index (χ4n) is 2.57. The van der Waals surface area contributed by atoms with Crippen molar-refractivity contribution < 1.29 is 4.79 Å². The summed E-state index contributed by atoms with van der Waals surface area (Å²) < 4.78 is 0. The molecule has 0 N–H and O–H groups in total. The van der Waals surface area contributed by atoms with E-state index in [0.717, 1.165) is 33.4 Å². The van der Waals surface area contributed by atoms with Crippen molar-refractivity contribution in [1.29, 1.82) is 0 Å². The van der Waals surface area contributed by atoms with Crippen molar-refractivity contribution in [3.8, 4) is 11.1 Å². The Labute approximate surface area is 137 Å². The molecule has 114 valence electrons. The molecule has 0 aromatic heterocycles. The van der Waals surface area contributed by atoms with Gasteiger partial charge in [-0.1, -0.05) is 41.4 Å². The summed E-state index contributed by atoms with van der Waals surface area (Å²) in [7, 11) is 0. The molecule has 2 aromatic carbocycles. The van der Waals surface area contributed by atoms with Crippen LogP contribution in [0, 0.1) is 13.8 Å². The Bertz CT molecular complexity index is 752. The second-order valence-corrected chi connectivity index (χ2v) is 6.23. The van der Waals surface area contributed by atoms with E-state index in [-0.39, 0.29) is 5.78 Å². The lowest BCUT2D eigenvalue weighted by Gasteiger charge is -2.15. The molecule has 0 heterocycles. The summed E-state index contributed by atoms with van der Waals surface area (Å²) in [5.74, 6) is 0.0914. The van der Waals surface area contributed by atoms with E-state index in [2.05, 4.69) is 38.1 Å². The number of rotatable bonds is 3. The highest BCUT2D eigenvalue weighted by atomic mass is 35.5. The van der Waals surface area contributed by atoms with E-state index in [1.165, 1.54) is 5.56 Å². The van der Waals surface area contributed by atoms with E-state index in [4.69, 9.17) is 11.6 Å². The number of ketones is 1. The van der Waals surface area contributed by atoms with Crippen molar-refractivity contribution in [2.24, 2.45) is 0 Å². The molecule has 1 nitrogen and oxygen atoms in total. The van der Waals surface area contributed by atoms with Crippen molar-refractivity contribution in [2.45, 2.75) is 34.6 Å². The molecule has 0 atom stereocenters. The van der Waals surface area contributed by atoms with Crippen molar-refractivity contribution in [2.75, 3.05) is 0 Å². The molecule has 0 saturated heterocycles. The lowest BCUT2D eigenvalue weighted by molar-refractivity contribution is -0.113. The second-order valence-electron chi connectivity index (χ2n) is 5.80. The average Bonchev–Trinajstić information content (AvgIpc) is 2.48. The highest BCUT2D eigenvalue weighted by Gasteiger charge is 2.13. The molecule has 0 radical (unpaired) electrons. The molecule has 2 aromatic rings. The van der Waals surface area contributed by atoms with Gasteiger partial charge < -0.3 is 0 Å². The van der Waals surface area contributed by atoms with Crippen molar-refractivity contribution in [3.63, 3.8) is 0 Å². The average molecular weight is 313 g/mol. The maximum atomic E-state index is 11.7. The van der Waals surface area contributed by atoms with E-state index in [1.54, 1.807) is 6.92 Å². The van der Waals surface area contributed by atoms with Gasteiger partial charge in [0.2, 0.25) is 0 Å². The number of carbonyl (C=O) groups excluding carboxylic acids is 1. The van der Waals surface area contributed by atoms with Crippen LogP contribution in [0.5, 0.6) is 0 Å². The summed E-state index contributed by atoms with van der Waals surface area (Å²) in [6.07, 6.45) is 0. The Morgan fingerprint density at radius 3 is 2.09 bits per heavy atom. The zero-order valence-corrected chi connectivity index (χ0v) is 14.5. The summed E-state index contributed by atoms with van der Waals surface area (Å²) >= 11 is 6.32. The van der Waals surface area contributed by atoms with Crippen molar-refractivity contribution >= 4 is 23.0 Å². The number of allylic oxidation sites excluding steroid dienone is 2. The third-order valence-electron chi connectivity index (χ3n) is 4.23. The summed E-state index contributed by atoms with van der Waals surface area (Å²) in [5, 5.41) is 0.687. The monoisotopic (exact) mass is 312 g/mol. The van der Waals surface area contributed by atoms with Crippen molar-refractivity contribution in [3.05, 3.63) is 63.7 Å². The van der Waals surface area contributed by atoms with Crippen LogP contribution in [0.2, 0.25) is 5.02 Å². The highest BCUT2D eigenvalue weighted by Crippen LogP contribution is 2.34. The van der Waals surface area contributed by atoms with Crippen LogP contribution in [-0.2, 0) is 4.79 Å². The number of Topliss-reactive ketones (excluding diaryl/α,β-unsaturated/α-hetero) is 1. The van der Waals surface area contributed by atoms with Crippen LogP contribution in [0.15, 0.2) is 42.0 Å². The number of aryl methyl sites for hydroxylation is 1. The normalized spacial score (nSPS) is 12.1. The van der Waals surface area contributed by atoms with Gasteiger partial charge >= 0.3 is 0 Å². The Kier molecular flexibility index (Phi) is 4.87. The smallest absolute Gasteiger partial charge is 0.155 e. The number of carbonyl (C=O) groups is 1. The minimum atomic E-state index is 0.0914. The first kappa shape index (κ1) is 16.5. The number of halogens is 1. The van der Waals surface area contributed by atoms with Gasteiger partial charge in [0, 0.05) is 5.02 Å². The quantitative estimate of drug-likeness (QED) is 0.635. The summed E-state index contributed by atoms with van der Waals surface area (Å²) in [5.41, 5.74) is 7.42. The fraction of sp³-hybridized carbons (Fsp3) is 0.250. The molecule has 0 bridgehead atoms. The van der Waals surface area contributed by atoms with Gasteiger partial charge in [-0.3, -0.25) is 4.79 Å². The van der Waals surface area contributed by atoms with Crippen LogP contribution in [0.4, 0.5) is 0 Å². The molecule has 0 fully saturated rings. The van der Waals surface area contributed by atoms with Gasteiger partial charge in [0.1, 0.15) is 0 Å². The Balaban J connectivity index is 2.67. The summed E-state index contributed by atoms with van der Waals surface area (Å²) in [4.78, 5) is 11.7. The third kappa shape index (κ3) is 3.31. The maximum absolute atomic E-state index is 11.7. The van der Waals surface area contributed by atoms with Crippen molar-refractivity contribution in [1.82, 2.24) is 0 Å². The first-order valence-corrected chi connectivity index (χ1v) is 7.75. The molecule has 0 saturated carbocycles. The number of hydrogen-bond donors (Lipinski definition) is 0. The molecule has 0 unspecified atom stereocenters. The lowest BCUT2D eigenvalue weighted by Crippen LogP contribution is -1.98. The Hall–Kier alpha value is -1.86. The molecule has 0 aliphatic carbocycles. The van der Waals surface area contributed by atoms with E-state index in [9.17, 15) is 4.79 Å². The van der Waals surface area contributed by atoms with E-state index < -0.39 is 0 Å². The topological polar surface area (TPSA) is 17.1 Å². The molecule has 0 amide bonds. The Morgan fingerprint density at radius 1 is 0.955 bits per heavy atom. The second kappa shape index (κ2) is 6.50. The van der Waals surface area contributed by atoms with Crippen LogP contribution < -0.4 is 0 Å². The molecule has 22 heavy (non-hydrogen) atoms. The van der Waals surface area contributed by atoms with Crippen LogP contribution in [0.3, 0.4) is 0 Å².